The van der Waals surface area contributed by atoms with Gasteiger partial charge in [0.15, 0.2) is 6.23 Å². The molecule has 0 saturated carbocycles. The first-order valence-corrected chi connectivity index (χ1v) is 16.1. The first-order chi connectivity index (χ1) is 23.7. The number of aliphatic hydroxyl groups excluding tert-OH is 4. The summed E-state index contributed by atoms with van der Waals surface area (Å²) in [7, 11) is 0. The van der Waals surface area contributed by atoms with E-state index in [0.717, 1.165) is 10.2 Å². The van der Waals surface area contributed by atoms with E-state index < -0.39 is 49.1 Å². The van der Waals surface area contributed by atoms with Gasteiger partial charge >= 0.3 is 0 Å². The molecule has 7 aromatic rings. The average Bonchev–Trinajstić information content (AvgIpc) is 3.82. The zero-order valence-electron chi connectivity index (χ0n) is 25.1. The third kappa shape index (κ3) is 4.18. The van der Waals surface area contributed by atoms with Gasteiger partial charge in [0.1, 0.15) is 47.5 Å². The Kier molecular flexibility index (Phi) is 6.53. The number of carbonyl (C=O) groups excluding carboxylic acids is 2. The number of nitrogens with one attached hydrogen (secondary N) is 1. The maximum Gasteiger partial charge on any atom is 0.286 e. The SMILES string of the molecule is O=C1c2c(c3c4ccc(O)cc4n(C4OC(CO)C(O)C(O)C4O)c3c3[nH]c4cc(O)ccc4c23)C(=O)N1OCc1nc2ccccc2s1. The highest BCUT2D eigenvalue weighted by atomic mass is 32.1. The summed E-state index contributed by atoms with van der Waals surface area (Å²) >= 11 is 1.37. The summed E-state index contributed by atoms with van der Waals surface area (Å²) in [5.41, 5.74) is 2.03. The predicted molar refractivity (Wildman–Crippen MR) is 176 cm³/mol. The summed E-state index contributed by atoms with van der Waals surface area (Å²) in [4.78, 5) is 42.4. The Morgan fingerprint density at radius 3 is 2.35 bits per heavy atom. The van der Waals surface area contributed by atoms with Crippen LogP contribution in [-0.2, 0) is 16.2 Å². The molecule has 0 aliphatic carbocycles. The molecule has 0 bridgehead atoms. The number of aliphatic hydroxyl groups is 4. The molecule has 5 heterocycles. The molecule has 15 heteroatoms. The Balaban J connectivity index is 1.32. The first kappa shape index (κ1) is 30.0. The van der Waals surface area contributed by atoms with E-state index >= 15 is 0 Å². The molecule has 7 N–H and O–H groups in total. The lowest BCUT2D eigenvalue weighted by molar-refractivity contribution is -0.249. The molecule has 2 aliphatic rings. The number of imide groups is 1. The number of hydrogen-bond acceptors (Lipinski definition) is 12. The summed E-state index contributed by atoms with van der Waals surface area (Å²) in [6.45, 7) is -0.854. The normalized spacial score (nSPS) is 22.9. The lowest BCUT2D eigenvalue weighted by atomic mass is 9.96. The molecule has 2 aliphatic heterocycles. The number of H-pyrrole nitrogens is 1. The van der Waals surface area contributed by atoms with E-state index in [4.69, 9.17) is 9.57 Å². The van der Waals surface area contributed by atoms with Crippen molar-refractivity contribution >= 4 is 77.0 Å². The van der Waals surface area contributed by atoms with Gasteiger partial charge in [-0.05, 0) is 36.4 Å². The number of fused-ring (bicyclic) bond motifs is 11. The number of nitrogens with zero attached hydrogens (tertiary/aromatic N) is 3. The molecule has 0 radical (unpaired) electrons. The highest BCUT2D eigenvalue weighted by molar-refractivity contribution is 7.18. The zero-order chi connectivity index (χ0) is 33.9. The molecular formula is C34H26N4O10S. The Morgan fingerprint density at radius 1 is 0.878 bits per heavy atom. The van der Waals surface area contributed by atoms with Gasteiger partial charge in [-0.25, -0.2) is 4.98 Å². The lowest BCUT2D eigenvalue weighted by Crippen LogP contribution is -2.56. The van der Waals surface area contributed by atoms with Crippen LogP contribution in [0.3, 0.4) is 0 Å². The van der Waals surface area contributed by atoms with E-state index in [9.17, 15) is 40.2 Å². The van der Waals surface area contributed by atoms with Gasteiger partial charge in [0.25, 0.3) is 11.8 Å². The minimum atomic E-state index is -1.74. The third-order valence-corrected chi connectivity index (χ3v) is 10.3. The Labute approximate surface area is 278 Å². The van der Waals surface area contributed by atoms with Crippen molar-refractivity contribution in [3.8, 4) is 11.5 Å². The van der Waals surface area contributed by atoms with Crippen LogP contribution in [0.5, 0.6) is 11.5 Å². The van der Waals surface area contributed by atoms with E-state index in [-0.39, 0.29) is 45.7 Å². The molecule has 49 heavy (non-hydrogen) atoms. The van der Waals surface area contributed by atoms with Gasteiger partial charge in [0, 0.05) is 33.7 Å². The molecule has 5 atom stereocenters. The molecular weight excluding hydrogens is 656 g/mol. The number of amides is 2. The predicted octanol–water partition coefficient (Wildman–Crippen LogP) is 3.15. The summed E-state index contributed by atoms with van der Waals surface area (Å²) < 4.78 is 8.38. The van der Waals surface area contributed by atoms with Gasteiger partial charge in [-0.1, -0.05) is 12.1 Å². The number of aromatic amines is 1. The molecule has 9 rings (SSSR count). The molecule has 248 valence electrons. The minimum Gasteiger partial charge on any atom is -0.508 e. The Morgan fingerprint density at radius 2 is 1.59 bits per heavy atom. The van der Waals surface area contributed by atoms with Crippen LogP contribution in [0, 0.1) is 0 Å². The zero-order valence-corrected chi connectivity index (χ0v) is 26.0. The number of ether oxygens (including phenoxy) is 1. The average molecular weight is 683 g/mol. The third-order valence-electron chi connectivity index (χ3n) is 9.33. The topological polar surface area (TPSA) is 211 Å². The van der Waals surface area contributed by atoms with Crippen molar-refractivity contribution in [2.75, 3.05) is 6.61 Å². The van der Waals surface area contributed by atoms with E-state index in [1.54, 1.807) is 12.1 Å². The molecule has 3 aromatic heterocycles. The number of benzene rings is 4. The van der Waals surface area contributed by atoms with Crippen molar-refractivity contribution in [2.45, 2.75) is 37.3 Å². The lowest BCUT2D eigenvalue weighted by Gasteiger charge is -2.41. The number of thiazole rings is 1. The van der Waals surface area contributed by atoms with E-state index in [2.05, 4.69) is 9.97 Å². The minimum absolute atomic E-state index is 0.00944. The number of aromatic hydroxyl groups is 2. The number of rotatable bonds is 5. The number of hydroxylamine groups is 2. The maximum absolute atomic E-state index is 14.4. The second-order valence-corrected chi connectivity index (χ2v) is 13.2. The largest absolute Gasteiger partial charge is 0.508 e. The van der Waals surface area contributed by atoms with Crippen LogP contribution >= 0.6 is 11.3 Å². The molecule has 1 fully saturated rings. The summed E-state index contributed by atoms with van der Waals surface area (Å²) in [5.74, 6) is -1.72. The Bertz CT molecular complexity index is 2500. The van der Waals surface area contributed by atoms with Crippen molar-refractivity contribution < 1.29 is 49.8 Å². The van der Waals surface area contributed by atoms with Gasteiger partial charge in [0.2, 0.25) is 0 Å². The molecule has 2 amide bonds. The van der Waals surface area contributed by atoms with Crippen molar-refractivity contribution in [2.24, 2.45) is 0 Å². The van der Waals surface area contributed by atoms with Crippen LogP contribution in [0.4, 0.5) is 0 Å². The van der Waals surface area contributed by atoms with Gasteiger partial charge in [-0.2, -0.15) is 0 Å². The van der Waals surface area contributed by atoms with Gasteiger partial charge in [-0.15, -0.1) is 16.4 Å². The van der Waals surface area contributed by atoms with Crippen molar-refractivity contribution in [3.05, 3.63) is 76.8 Å². The summed E-state index contributed by atoms with van der Waals surface area (Å²) in [6, 6.07) is 16.3. The number of carbonyl (C=O) groups is 2. The smallest absolute Gasteiger partial charge is 0.286 e. The van der Waals surface area contributed by atoms with Crippen LogP contribution in [0.1, 0.15) is 32.0 Å². The first-order valence-electron chi connectivity index (χ1n) is 15.3. The quantitative estimate of drug-likeness (QED) is 0.131. The fourth-order valence-electron chi connectivity index (χ4n) is 7.17. The molecule has 0 spiro atoms. The number of phenolic OH excluding ortho intramolecular Hbond substituents is 2. The Hall–Kier alpha value is -5.13. The van der Waals surface area contributed by atoms with Crippen LogP contribution in [0.25, 0.3) is 53.8 Å². The van der Waals surface area contributed by atoms with Crippen LogP contribution in [0.15, 0.2) is 60.7 Å². The van der Waals surface area contributed by atoms with Gasteiger partial charge < -0.3 is 44.9 Å². The second kappa shape index (κ2) is 10.7. The van der Waals surface area contributed by atoms with Gasteiger partial charge in [0.05, 0.1) is 50.0 Å². The van der Waals surface area contributed by atoms with Crippen molar-refractivity contribution in [1.82, 2.24) is 19.6 Å². The van der Waals surface area contributed by atoms with E-state index in [1.807, 2.05) is 24.3 Å². The van der Waals surface area contributed by atoms with Crippen molar-refractivity contribution in [1.29, 1.82) is 0 Å². The van der Waals surface area contributed by atoms with Crippen LogP contribution < -0.4 is 0 Å². The van der Waals surface area contributed by atoms with E-state index in [0.29, 0.717) is 37.3 Å². The van der Waals surface area contributed by atoms with E-state index in [1.165, 1.54) is 40.2 Å². The number of hydrogen-bond donors (Lipinski definition) is 7. The standard InChI is InChI=1S/C34H26N4O10S/c39-11-20-29(42)30(43)31(44)34(48-20)37-19-10-14(41)6-8-16(19)24-26-25(23-15-7-5-13(40)9-18(15)36-27(23)28(24)37)32(45)38(33(26)46)47-12-22-35-17-3-1-2-4-21(17)49-22/h1-10,20,29-31,34,36,39-44H,11-12H2. The fourth-order valence-corrected chi connectivity index (χ4v) is 8.05. The second-order valence-electron chi connectivity index (χ2n) is 12.1. The number of para-hydroxylation sites is 1. The number of aromatic nitrogens is 3. The maximum atomic E-state index is 14.4. The fraction of sp³-hybridized carbons (Fsp3) is 0.206. The van der Waals surface area contributed by atoms with Crippen LogP contribution in [0.2, 0.25) is 0 Å². The molecule has 14 nitrogen and oxygen atoms in total. The monoisotopic (exact) mass is 682 g/mol. The molecule has 4 aromatic carbocycles. The summed E-state index contributed by atoms with van der Waals surface area (Å²) in [6.07, 6.45) is -7.83. The summed E-state index contributed by atoms with van der Waals surface area (Å²) in [5, 5.41) is 66.3. The highest BCUT2D eigenvalue weighted by Crippen LogP contribution is 2.48. The van der Waals surface area contributed by atoms with Crippen LogP contribution in [-0.4, -0.2) is 93.1 Å². The molecule has 1 saturated heterocycles. The highest BCUT2D eigenvalue weighted by Gasteiger charge is 2.47. The van der Waals surface area contributed by atoms with Gasteiger partial charge in [-0.3, -0.25) is 14.4 Å². The van der Waals surface area contributed by atoms with Crippen molar-refractivity contribution in [3.63, 3.8) is 0 Å². The number of phenols is 2. The molecule has 5 unspecified atom stereocenters.